The number of likely N-dealkylation sites (tertiary alicyclic amines) is 2. The van der Waals surface area contributed by atoms with E-state index in [2.05, 4.69) is 16.3 Å². The molecule has 0 unspecified atom stereocenters. The molecule has 2 saturated heterocycles. The maximum Gasteiger partial charge on any atom is 0.239 e. The predicted octanol–water partition coefficient (Wildman–Crippen LogP) is 3.24. The molecule has 1 aromatic carbocycles. The van der Waals surface area contributed by atoms with Crippen LogP contribution in [0, 0.1) is 31.1 Å². The van der Waals surface area contributed by atoms with E-state index in [1.807, 2.05) is 53.6 Å². The van der Waals surface area contributed by atoms with Gasteiger partial charge >= 0.3 is 0 Å². The molecule has 0 bridgehead atoms. The largest absolute Gasteiger partial charge is 0.342 e. The zero-order chi connectivity index (χ0) is 22.7. The second-order valence-electron chi connectivity index (χ2n) is 8.85. The lowest BCUT2D eigenvalue weighted by Crippen LogP contribution is -2.44. The second-order valence-corrected chi connectivity index (χ2v) is 8.85. The summed E-state index contributed by atoms with van der Waals surface area (Å²) in [6.07, 6.45) is 3.81. The van der Waals surface area contributed by atoms with Crippen LogP contribution in [0.5, 0.6) is 0 Å². The zero-order valence-corrected chi connectivity index (χ0v) is 18.9. The lowest BCUT2D eigenvalue weighted by molar-refractivity contribution is -0.136. The van der Waals surface area contributed by atoms with Crippen molar-refractivity contribution in [3.8, 4) is 11.8 Å². The van der Waals surface area contributed by atoms with Crippen molar-refractivity contribution in [1.29, 1.82) is 5.26 Å². The Balaban J connectivity index is 1.41. The minimum atomic E-state index is -0.138. The van der Waals surface area contributed by atoms with Crippen molar-refractivity contribution < 1.29 is 9.59 Å². The Morgan fingerprint density at radius 1 is 1.06 bits per heavy atom. The fourth-order valence-electron chi connectivity index (χ4n) is 4.87. The monoisotopic (exact) mass is 433 g/mol. The molecule has 0 aliphatic carbocycles. The maximum atomic E-state index is 12.9. The minimum absolute atomic E-state index is 0.0817. The summed E-state index contributed by atoms with van der Waals surface area (Å²) in [4.78, 5) is 29.7. The highest BCUT2D eigenvalue weighted by atomic mass is 16.2. The van der Waals surface area contributed by atoms with Gasteiger partial charge in [-0.1, -0.05) is 18.2 Å². The molecule has 168 valence electrons. The van der Waals surface area contributed by atoms with Crippen molar-refractivity contribution in [2.75, 3.05) is 38.0 Å². The van der Waals surface area contributed by atoms with Gasteiger partial charge in [0.2, 0.25) is 11.8 Å². The fraction of sp³-hybridized carbons (Fsp3) is 0.480. The molecule has 2 amide bonds. The van der Waals surface area contributed by atoms with Crippen molar-refractivity contribution in [1.82, 2.24) is 14.4 Å². The maximum absolute atomic E-state index is 12.9. The number of aromatic nitrogens is 1. The number of benzene rings is 1. The van der Waals surface area contributed by atoms with Gasteiger partial charge in [0.05, 0.1) is 12.1 Å². The van der Waals surface area contributed by atoms with E-state index in [9.17, 15) is 14.9 Å². The molecule has 4 rings (SSSR count). The number of nitrogens with one attached hydrogen (secondary N) is 1. The number of carbonyl (C=O) groups is 2. The van der Waals surface area contributed by atoms with Crippen LogP contribution < -0.4 is 5.32 Å². The summed E-state index contributed by atoms with van der Waals surface area (Å²) < 4.78 is 1.94. The molecule has 2 aromatic rings. The Kier molecular flexibility index (Phi) is 6.61. The van der Waals surface area contributed by atoms with Crippen molar-refractivity contribution in [2.24, 2.45) is 5.92 Å². The van der Waals surface area contributed by atoms with Crippen LogP contribution >= 0.6 is 0 Å². The molecular formula is C25H31N5O2. The molecule has 2 aliphatic rings. The number of para-hydroxylation sites is 1. The average molecular weight is 434 g/mol. The van der Waals surface area contributed by atoms with E-state index in [-0.39, 0.29) is 24.3 Å². The molecule has 7 heteroatoms. The van der Waals surface area contributed by atoms with E-state index in [4.69, 9.17) is 0 Å². The van der Waals surface area contributed by atoms with E-state index in [1.54, 1.807) is 0 Å². The Morgan fingerprint density at radius 2 is 1.72 bits per heavy atom. The third-order valence-electron chi connectivity index (χ3n) is 6.82. The molecule has 0 spiro atoms. The quantitative estimate of drug-likeness (QED) is 0.785. The van der Waals surface area contributed by atoms with Crippen LogP contribution in [0.1, 0.15) is 42.5 Å². The van der Waals surface area contributed by atoms with Crippen LogP contribution in [-0.2, 0) is 9.59 Å². The van der Waals surface area contributed by atoms with E-state index in [1.165, 1.54) is 0 Å². The SMILES string of the molecule is Cc1c(C#N)c(NC(=O)CN2CCC(C(=O)N3CCCC3)CC2)n(-c2ccccc2)c1C. The third kappa shape index (κ3) is 4.42. The summed E-state index contributed by atoms with van der Waals surface area (Å²) in [5.41, 5.74) is 3.21. The van der Waals surface area contributed by atoms with Crippen LogP contribution in [0.4, 0.5) is 5.82 Å². The van der Waals surface area contributed by atoms with E-state index in [0.717, 1.165) is 68.8 Å². The Morgan fingerprint density at radius 3 is 2.34 bits per heavy atom. The van der Waals surface area contributed by atoms with Gasteiger partial charge in [-0.25, -0.2) is 0 Å². The number of nitriles is 1. The highest BCUT2D eigenvalue weighted by Crippen LogP contribution is 2.30. The number of rotatable bonds is 5. The summed E-state index contributed by atoms with van der Waals surface area (Å²) >= 11 is 0. The van der Waals surface area contributed by atoms with Crippen LogP contribution in [-0.4, -0.2) is 58.9 Å². The molecule has 2 fully saturated rings. The lowest BCUT2D eigenvalue weighted by atomic mass is 9.95. The fourth-order valence-corrected chi connectivity index (χ4v) is 4.87. The molecular weight excluding hydrogens is 402 g/mol. The lowest BCUT2D eigenvalue weighted by Gasteiger charge is -2.32. The van der Waals surface area contributed by atoms with Crippen molar-refractivity contribution in [3.05, 3.63) is 47.2 Å². The van der Waals surface area contributed by atoms with Gasteiger partial charge in [-0.2, -0.15) is 5.26 Å². The molecule has 2 aliphatic heterocycles. The molecule has 1 aromatic heterocycles. The van der Waals surface area contributed by atoms with Crippen molar-refractivity contribution >= 4 is 17.6 Å². The van der Waals surface area contributed by atoms with Gasteiger partial charge in [0.1, 0.15) is 11.9 Å². The summed E-state index contributed by atoms with van der Waals surface area (Å²) in [7, 11) is 0. The number of piperidine rings is 1. The average Bonchev–Trinajstić information content (AvgIpc) is 3.42. The first-order chi connectivity index (χ1) is 15.5. The molecule has 0 radical (unpaired) electrons. The van der Waals surface area contributed by atoms with Gasteiger partial charge in [-0.15, -0.1) is 0 Å². The summed E-state index contributed by atoms with van der Waals surface area (Å²) in [6.45, 7) is 7.38. The molecule has 1 N–H and O–H groups in total. The summed E-state index contributed by atoms with van der Waals surface area (Å²) in [5.74, 6) is 0.758. The van der Waals surface area contributed by atoms with Gasteiger partial charge in [-0.3, -0.25) is 19.1 Å². The predicted molar refractivity (Wildman–Crippen MR) is 124 cm³/mol. The molecule has 32 heavy (non-hydrogen) atoms. The van der Waals surface area contributed by atoms with Crippen LogP contribution in [0.25, 0.3) is 5.69 Å². The van der Waals surface area contributed by atoms with Gasteiger partial charge < -0.3 is 10.2 Å². The topological polar surface area (TPSA) is 81.4 Å². The number of amides is 2. The molecule has 0 saturated carbocycles. The first-order valence-corrected chi connectivity index (χ1v) is 11.5. The number of anilines is 1. The first kappa shape index (κ1) is 22.1. The zero-order valence-electron chi connectivity index (χ0n) is 18.9. The van der Waals surface area contributed by atoms with E-state index < -0.39 is 0 Å². The summed E-state index contributed by atoms with van der Waals surface area (Å²) in [6, 6.07) is 12.0. The molecule has 7 nitrogen and oxygen atoms in total. The van der Waals surface area contributed by atoms with E-state index in [0.29, 0.717) is 11.4 Å². The van der Waals surface area contributed by atoms with Crippen LogP contribution in [0.3, 0.4) is 0 Å². The van der Waals surface area contributed by atoms with Crippen molar-refractivity contribution in [3.63, 3.8) is 0 Å². The standard InChI is InChI=1S/C25H31N5O2/c1-18-19(2)30(21-8-4-3-5-9-21)24(22(18)16-26)27-23(31)17-28-14-10-20(11-15-28)25(32)29-12-6-7-13-29/h3-5,8-9,20H,6-7,10-15,17H2,1-2H3,(H,27,31). The number of carbonyl (C=O) groups excluding carboxylic acids is 2. The number of nitrogens with zero attached hydrogens (tertiary/aromatic N) is 4. The Bertz CT molecular complexity index is 1020. The van der Waals surface area contributed by atoms with Gasteiger partial charge in [0.25, 0.3) is 0 Å². The van der Waals surface area contributed by atoms with Crippen molar-refractivity contribution in [2.45, 2.75) is 39.5 Å². The highest BCUT2D eigenvalue weighted by molar-refractivity contribution is 5.93. The second kappa shape index (κ2) is 9.58. The smallest absolute Gasteiger partial charge is 0.239 e. The minimum Gasteiger partial charge on any atom is -0.342 e. The summed E-state index contributed by atoms with van der Waals surface area (Å²) in [5, 5.41) is 12.7. The number of hydrogen-bond donors (Lipinski definition) is 1. The first-order valence-electron chi connectivity index (χ1n) is 11.5. The van der Waals surface area contributed by atoms with Crippen LogP contribution in [0.2, 0.25) is 0 Å². The van der Waals surface area contributed by atoms with Gasteiger partial charge in [-0.05, 0) is 70.3 Å². The number of hydrogen-bond acceptors (Lipinski definition) is 4. The normalized spacial score (nSPS) is 17.3. The Labute approximate surface area is 189 Å². The molecule has 0 atom stereocenters. The van der Waals surface area contributed by atoms with E-state index >= 15 is 0 Å². The third-order valence-corrected chi connectivity index (χ3v) is 6.82. The molecule has 3 heterocycles. The van der Waals surface area contributed by atoms with Crippen LogP contribution in [0.15, 0.2) is 30.3 Å². The Hall–Kier alpha value is -3.11. The van der Waals surface area contributed by atoms with Gasteiger partial charge in [0.15, 0.2) is 0 Å². The van der Waals surface area contributed by atoms with Gasteiger partial charge in [0, 0.05) is 30.4 Å². The highest BCUT2D eigenvalue weighted by Gasteiger charge is 2.30.